The quantitative estimate of drug-likeness (QED) is 0.326. The first-order chi connectivity index (χ1) is 18.5. The van der Waals surface area contributed by atoms with Crippen LogP contribution in [0.2, 0.25) is 0 Å². The summed E-state index contributed by atoms with van der Waals surface area (Å²) in [6, 6.07) is 24.8. The van der Waals surface area contributed by atoms with Crippen molar-refractivity contribution in [2.45, 2.75) is 58.7 Å². The Hall–Kier alpha value is -3.80. The third kappa shape index (κ3) is 7.37. The summed E-state index contributed by atoms with van der Waals surface area (Å²) in [5, 5.41) is 0. The molecule has 0 aromatic heterocycles. The lowest BCUT2D eigenvalue weighted by Gasteiger charge is -2.33. The van der Waals surface area contributed by atoms with E-state index in [0.29, 0.717) is 38.4 Å². The Morgan fingerprint density at radius 3 is 2.39 bits per heavy atom. The lowest BCUT2D eigenvalue weighted by molar-refractivity contribution is -0.147. The van der Waals surface area contributed by atoms with Gasteiger partial charge in [0.1, 0.15) is 17.5 Å². The van der Waals surface area contributed by atoms with Crippen LogP contribution in [0, 0.1) is 6.92 Å². The number of ether oxygens (including phenoxy) is 2. The maximum Gasteiger partial charge on any atom is 0.261 e. The van der Waals surface area contributed by atoms with Crippen molar-refractivity contribution in [3.8, 4) is 11.5 Å². The molecule has 0 radical (unpaired) electrons. The molecule has 3 aromatic carbocycles. The highest BCUT2D eigenvalue weighted by atomic mass is 16.5. The van der Waals surface area contributed by atoms with Gasteiger partial charge in [0.2, 0.25) is 5.91 Å². The lowest BCUT2D eigenvalue weighted by Crippen LogP contribution is -2.50. The van der Waals surface area contributed by atoms with Gasteiger partial charge in [-0.05, 0) is 67.5 Å². The standard InChI is InChI=1S/C32H38N2O4/c1-3-20-37-30-18-17-27(21-25(30)2)23-34(31(35)24-38-28-14-8-5-9-15-28)29-16-10-11-19-33(32(29)36)22-26-12-6-4-7-13-26/h4-9,12-15,17-18,21,29H,3,10-11,16,19-20,22-24H2,1-2H3/t29-/m0/s1. The molecular weight excluding hydrogens is 476 g/mol. The van der Waals surface area contributed by atoms with Crippen molar-refractivity contribution in [2.75, 3.05) is 19.8 Å². The molecule has 38 heavy (non-hydrogen) atoms. The fraction of sp³-hybridized carbons (Fsp3) is 0.375. The van der Waals surface area contributed by atoms with Gasteiger partial charge in [0.15, 0.2) is 6.61 Å². The molecule has 6 heteroatoms. The maximum absolute atomic E-state index is 13.9. The van der Waals surface area contributed by atoms with Crippen LogP contribution >= 0.6 is 0 Å². The van der Waals surface area contributed by atoms with Gasteiger partial charge in [-0.1, -0.05) is 67.6 Å². The molecule has 1 fully saturated rings. The first-order valence-corrected chi connectivity index (χ1v) is 13.6. The minimum atomic E-state index is -0.538. The van der Waals surface area contributed by atoms with Crippen molar-refractivity contribution in [3.63, 3.8) is 0 Å². The Bertz CT molecular complexity index is 1180. The number of hydrogen-bond acceptors (Lipinski definition) is 4. The Morgan fingerprint density at radius 2 is 1.68 bits per heavy atom. The molecule has 2 amide bonds. The molecule has 0 saturated carbocycles. The van der Waals surface area contributed by atoms with E-state index in [1.54, 1.807) is 4.90 Å². The van der Waals surface area contributed by atoms with Gasteiger partial charge in [-0.25, -0.2) is 0 Å². The molecule has 1 aliphatic rings. The number of carbonyl (C=O) groups excluding carboxylic acids is 2. The highest BCUT2D eigenvalue weighted by Crippen LogP contribution is 2.25. The molecule has 1 saturated heterocycles. The Kier molecular flexibility index (Phi) is 9.79. The van der Waals surface area contributed by atoms with Crippen LogP contribution in [0.3, 0.4) is 0 Å². The van der Waals surface area contributed by atoms with Crippen LogP contribution in [-0.2, 0) is 22.7 Å². The van der Waals surface area contributed by atoms with Gasteiger partial charge in [-0.2, -0.15) is 0 Å². The smallest absolute Gasteiger partial charge is 0.261 e. The fourth-order valence-electron chi connectivity index (χ4n) is 4.83. The highest BCUT2D eigenvalue weighted by Gasteiger charge is 2.34. The predicted octanol–water partition coefficient (Wildman–Crippen LogP) is 5.77. The number of likely N-dealkylation sites (tertiary alicyclic amines) is 1. The molecule has 0 aliphatic carbocycles. The summed E-state index contributed by atoms with van der Waals surface area (Å²) >= 11 is 0. The van der Waals surface area contributed by atoms with E-state index in [0.717, 1.165) is 41.7 Å². The second-order valence-electron chi connectivity index (χ2n) is 9.83. The van der Waals surface area contributed by atoms with E-state index in [1.165, 1.54) is 0 Å². The number of benzene rings is 3. The van der Waals surface area contributed by atoms with Crippen molar-refractivity contribution in [1.29, 1.82) is 0 Å². The summed E-state index contributed by atoms with van der Waals surface area (Å²) < 4.78 is 11.7. The van der Waals surface area contributed by atoms with E-state index >= 15 is 0 Å². The van der Waals surface area contributed by atoms with Crippen LogP contribution in [0.25, 0.3) is 0 Å². The summed E-state index contributed by atoms with van der Waals surface area (Å²) in [6.07, 6.45) is 3.38. The number of carbonyl (C=O) groups is 2. The molecule has 6 nitrogen and oxygen atoms in total. The zero-order chi connectivity index (χ0) is 26.7. The zero-order valence-corrected chi connectivity index (χ0v) is 22.5. The third-order valence-electron chi connectivity index (χ3n) is 6.82. The second-order valence-corrected chi connectivity index (χ2v) is 9.83. The Labute approximate surface area is 226 Å². The summed E-state index contributed by atoms with van der Waals surface area (Å²) in [4.78, 5) is 31.1. The lowest BCUT2D eigenvalue weighted by atomic mass is 10.1. The molecule has 0 N–H and O–H groups in total. The SMILES string of the molecule is CCCOc1ccc(CN(C(=O)COc2ccccc2)[C@H]2CCCCN(Cc3ccccc3)C2=O)cc1C. The van der Waals surface area contributed by atoms with Crippen LogP contribution < -0.4 is 9.47 Å². The molecule has 4 rings (SSSR count). The molecule has 0 unspecified atom stereocenters. The molecule has 200 valence electrons. The summed E-state index contributed by atoms with van der Waals surface area (Å²) in [5.41, 5.74) is 3.07. The maximum atomic E-state index is 13.9. The van der Waals surface area contributed by atoms with Crippen molar-refractivity contribution >= 4 is 11.8 Å². The van der Waals surface area contributed by atoms with Crippen LogP contribution in [0.15, 0.2) is 78.9 Å². The largest absolute Gasteiger partial charge is 0.493 e. The average molecular weight is 515 g/mol. The molecule has 1 heterocycles. The molecule has 0 bridgehead atoms. The van der Waals surface area contributed by atoms with Crippen LogP contribution in [0.4, 0.5) is 0 Å². The number of hydrogen-bond donors (Lipinski definition) is 0. The molecule has 1 aliphatic heterocycles. The Balaban J connectivity index is 1.56. The van der Waals surface area contributed by atoms with Gasteiger partial charge in [-0.15, -0.1) is 0 Å². The second kappa shape index (κ2) is 13.7. The topological polar surface area (TPSA) is 59.1 Å². The minimum Gasteiger partial charge on any atom is -0.493 e. The summed E-state index contributed by atoms with van der Waals surface area (Å²) in [5.74, 6) is 1.28. The van der Waals surface area contributed by atoms with E-state index in [9.17, 15) is 9.59 Å². The average Bonchev–Trinajstić information content (AvgIpc) is 3.12. The zero-order valence-electron chi connectivity index (χ0n) is 22.5. The minimum absolute atomic E-state index is 0.000893. The number of amides is 2. The number of para-hydroxylation sites is 1. The number of rotatable bonds is 11. The molecule has 0 spiro atoms. The van der Waals surface area contributed by atoms with E-state index in [2.05, 4.69) is 6.92 Å². The highest BCUT2D eigenvalue weighted by molar-refractivity contribution is 5.88. The van der Waals surface area contributed by atoms with Gasteiger partial charge >= 0.3 is 0 Å². The molecule has 1 atom stereocenters. The van der Waals surface area contributed by atoms with E-state index < -0.39 is 6.04 Å². The summed E-state index contributed by atoms with van der Waals surface area (Å²) in [7, 11) is 0. The van der Waals surface area contributed by atoms with Crippen LogP contribution in [-0.4, -0.2) is 47.4 Å². The monoisotopic (exact) mass is 514 g/mol. The van der Waals surface area contributed by atoms with Crippen molar-refractivity contribution < 1.29 is 19.1 Å². The summed E-state index contributed by atoms with van der Waals surface area (Å²) in [6.45, 7) is 6.20. The Morgan fingerprint density at radius 1 is 0.947 bits per heavy atom. The number of nitrogens with zero attached hydrogens (tertiary/aromatic N) is 2. The van der Waals surface area contributed by atoms with E-state index in [4.69, 9.17) is 9.47 Å². The first-order valence-electron chi connectivity index (χ1n) is 13.6. The van der Waals surface area contributed by atoms with Crippen molar-refractivity contribution in [1.82, 2.24) is 9.80 Å². The number of aryl methyl sites for hydroxylation is 1. The van der Waals surface area contributed by atoms with Gasteiger partial charge in [0.05, 0.1) is 6.61 Å². The molecular formula is C32H38N2O4. The van der Waals surface area contributed by atoms with Gasteiger partial charge in [-0.3, -0.25) is 9.59 Å². The van der Waals surface area contributed by atoms with Gasteiger partial charge in [0.25, 0.3) is 5.91 Å². The first kappa shape index (κ1) is 27.2. The van der Waals surface area contributed by atoms with Crippen molar-refractivity contribution in [2.24, 2.45) is 0 Å². The normalized spacial score (nSPS) is 15.6. The fourth-order valence-corrected chi connectivity index (χ4v) is 4.83. The third-order valence-corrected chi connectivity index (χ3v) is 6.82. The van der Waals surface area contributed by atoms with E-state index in [1.807, 2.05) is 90.7 Å². The van der Waals surface area contributed by atoms with Crippen LogP contribution in [0.5, 0.6) is 11.5 Å². The predicted molar refractivity (Wildman–Crippen MR) is 149 cm³/mol. The molecule has 3 aromatic rings. The van der Waals surface area contributed by atoms with Crippen LogP contribution in [0.1, 0.15) is 49.3 Å². The van der Waals surface area contributed by atoms with Gasteiger partial charge in [0, 0.05) is 19.6 Å². The van der Waals surface area contributed by atoms with Gasteiger partial charge < -0.3 is 19.3 Å². The van der Waals surface area contributed by atoms with Crippen molar-refractivity contribution in [3.05, 3.63) is 95.6 Å². The van der Waals surface area contributed by atoms with E-state index in [-0.39, 0.29) is 18.4 Å².